The number of carbonyl (C=O) groups excluding carboxylic acids is 1. The van der Waals surface area contributed by atoms with Crippen LogP contribution in [0.1, 0.15) is 21.8 Å². The van der Waals surface area contributed by atoms with Crippen LogP contribution in [-0.2, 0) is 0 Å². The summed E-state index contributed by atoms with van der Waals surface area (Å²) in [4.78, 5) is 14.0. The molecule has 2 aromatic heterocycles. The Bertz CT molecular complexity index is 638. The molecule has 0 amide bonds. The Morgan fingerprint density at radius 3 is 3.05 bits per heavy atom. The number of carbonyl (C=O) groups is 1. The summed E-state index contributed by atoms with van der Waals surface area (Å²) >= 11 is 3.28. The molecule has 0 radical (unpaired) electrons. The molecule has 0 saturated heterocycles. The normalized spacial score (nSPS) is 15.1. The second kappa shape index (κ2) is 5.59. The number of hydrogen-bond donors (Lipinski definition) is 0. The predicted molar refractivity (Wildman–Crippen MR) is 80.5 cm³/mol. The molecule has 0 unspecified atom stereocenters. The average molecular weight is 288 g/mol. The highest BCUT2D eigenvalue weighted by molar-refractivity contribution is 8.03. The molecule has 96 valence electrons. The van der Waals surface area contributed by atoms with Crippen LogP contribution in [0.4, 0.5) is 0 Å². The summed E-state index contributed by atoms with van der Waals surface area (Å²) in [5.74, 6) is 1.08. The Morgan fingerprint density at radius 1 is 1.37 bits per heavy atom. The van der Waals surface area contributed by atoms with E-state index in [-0.39, 0.29) is 5.91 Å². The summed E-state index contributed by atoms with van der Waals surface area (Å²) < 4.78 is 1.39. The first-order valence-corrected chi connectivity index (χ1v) is 7.84. The van der Waals surface area contributed by atoms with Crippen molar-refractivity contribution in [2.75, 3.05) is 5.75 Å². The molecule has 1 aliphatic heterocycles. The van der Waals surface area contributed by atoms with Crippen molar-refractivity contribution in [1.82, 2.24) is 9.78 Å². The minimum atomic E-state index is -0.0795. The monoisotopic (exact) mass is 288 g/mol. The molecule has 0 aromatic carbocycles. The number of allylic oxidation sites excluding steroid dienone is 2. The van der Waals surface area contributed by atoms with Crippen molar-refractivity contribution in [2.24, 2.45) is 0 Å². The molecule has 5 heteroatoms. The number of thioether (sulfide) groups is 1. The highest BCUT2D eigenvalue weighted by Gasteiger charge is 2.10. The van der Waals surface area contributed by atoms with E-state index < -0.39 is 0 Å². The molecule has 0 bridgehead atoms. The molecule has 2 aromatic rings. The van der Waals surface area contributed by atoms with Gasteiger partial charge in [0.25, 0.3) is 5.91 Å². The van der Waals surface area contributed by atoms with E-state index in [4.69, 9.17) is 0 Å². The van der Waals surface area contributed by atoms with Crippen LogP contribution in [0.2, 0.25) is 0 Å². The second-order valence-electron chi connectivity index (χ2n) is 4.04. The topological polar surface area (TPSA) is 34.9 Å². The molecule has 3 heterocycles. The third kappa shape index (κ3) is 2.88. The van der Waals surface area contributed by atoms with Gasteiger partial charge < -0.3 is 0 Å². The van der Waals surface area contributed by atoms with Gasteiger partial charge in [-0.1, -0.05) is 12.1 Å². The zero-order chi connectivity index (χ0) is 13.1. The molecule has 0 spiro atoms. The van der Waals surface area contributed by atoms with Crippen LogP contribution in [0.3, 0.4) is 0 Å². The maximum atomic E-state index is 12.1. The SMILES string of the molecule is O=C(c1cccs1)n1ccc(/C=C/C2=CCCS2)n1. The summed E-state index contributed by atoms with van der Waals surface area (Å²) in [6.07, 6.45) is 9.06. The van der Waals surface area contributed by atoms with E-state index >= 15 is 0 Å². The minimum Gasteiger partial charge on any atom is -0.266 e. The van der Waals surface area contributed by atoms with Crippen molar-refractivity contribution in [3.63, 3.8) is 0 Å². The van der Waals surface area contributed by atoms with Crippen molar-refractivity contribution in [3.8, 4) is 0 Å². The fraction of sp³-hybridized carbons (Fsp3) is 0.143. The molecule has 0 N–H and O–H groups in total. The van der Waals surface area contributed by atoms with Gasteiger partial charge in [0.15, 0.2) is 0 Å². The number of rotatable bonds is 3. The van der Waals surface area contributed by atoms with Crippen molar-refractivity contribution >= 4 is 35.1 Å². The van der Waals surface area contributed by atoms with Gasteiger partial charge in [-0.2, -0.15) is 5.10 Å². The zero-order valence-electron chi connectivity index (χ0n) is 10.2. The first-order valence-electron chi connectivity index (χ1n) is 5.98. The molecule has 0 fully saturated rings. The van der Waals surface area contributed by atoms with Gasteiger partial charge in [0.05, 0.1) is 10.6 Å². The van der Waals surface area contributed by atoms with Gasteiger partial charge in [0, 0.05) is 16.9 Å². The lowest BCUT2D eigenvalue weighted by molar-refractivity contribution is 0.0949. The molecule has 19 heavy (non-hydrogen) atoms. The van der Waals surface area contributed by atoms with E-state index in [0.29, 0.717) is 4.88 Å². The summed E-state index contributed by atoms with van der Waals surface area (Å²) in [6.45, 7) is 0. The molecule has 0 aliphatic carbocycles. The third-order valence-electron chi connectivity index (χ3n) is 2.70. The largest absolute Gasteiger partial charge is 0.288 e. The Kier molecular flexibility index (Phi) is 3.66. The summed E-state index contributed by atoms with van der Waals surface area (Å²) in [5.41, 5.74) is 0.804. The number of hydrogen-bond acceptors (Lipinski definition) is 4. The van der Waals surface area contributed by atoms with E-state index in [1.165, 1.54) is 20.9 Å². The third-order valence-corrected chi connectivity index (χ3v) is 4.63. The Morgan fingerprint density at radius 2 is 2.32 bits per heavy atom. The van der Waals surface area contributed by atoms with Gasteiger partial charge in [-0.05, 0) is 36.1 Å². The first kappa shape index (κ1) is 12.4. The second-order valence-corrected chi connectivity index (χ2v) is 6.16. The van der Waals surface area contributed by atoms with Gasteiger partial charge in [-0.25, -0.2) is 4.68 Å². The highest BCUT2D eigenvalue weighted by Crippen LogP contribution is 2.26. The van der Waals surface area contributed by atoms with Gasteiger partial charge in [0.2, 0.25) is 0 Å². The van der Waals surface area contributed by atoms with Crippen molar-refractivity contribution in [1.29, 1.82) is 0 Å². The van der Waals surface area contributed by atoms with Crippen LogP contribution in [0.25, 0.3) is 6.08 Å². The fourth-order valence-corrected chi connectivity index (χ4v) is 3.30. The molecule has 3 rings (SSSR count). The number of thiophene rings is 1. The maximum Gasteiger partial charge on any atom is 0.288 e. The average Bonchev–Trinajstić information content (AvgIpc) is 3.16. The quantitative estimate of drug-likeness (QED) is 0.864. The van der Waals surface area contributed by atoms with Crippen LogP contribution >= 0.6 is 23.1 Å². The first-order chi connectivity index (χ1) is 9.33. The van der Waals surface area contributed by atoms with Crippen LogP contribution in [-0.4, -0.2) is 21.4 Å². The van der Waals surface area contributed by atoms with Gasteiger partial charge in [0.1, 0.15) is 0 Å². The molecule has 0 saturated carbocycles. The van der Waals surface area contributed by atoms with Gasteiger partial charge in [-0.3, -0.25) is 4.79 Å². The Labute approximate surface area is 119 Å². The molecule has 0 atom stereocenters. The standard InChI is InChI=1S/C14H12N2OS2/c17-14(13-4-2-10-19-13)16-8-7-11(15-16)5-6-12-3-1-9-18-12/h2-8,10H,1,9H2/b6-5+. The van der Waals surface area contributed by atoms with Crippen LogP contribution in [0.15, 0.2) is 46.8 Å². The Hall–Kier alpha value is -1.59. The van der Waals surface area contributed by atoms with E-state index in [1.807, 2.05) is 41.4 Å². The maximum absolute atomic E-state index is 12.1. The number of nitrogens with zero attached hydrogens (tertiary/aromatic N) is 2. The fourth-order valence-electron chi connectivity index (χ4n) is 1.77. The zero-order valence-corrected chi connectivity index (χ0v) is 11.8. The van der Waals surface area contributed by atoms with Crippen LogP contribution in [0, 0.1) is 0 Å². The van der Waals surface area contributed by atoms with E-state index in [2.05, 4.69) is 17.3 Å². The summed E-state index contributed by atoms with van der Waals surface area (Å²) in [5, 5.41) is 6.17. The Balaban J connectivity index is 1.74. The molecular formula is C14H12N2OS2. The smallest absolute Gasteiger partial charge is 0.266 e. The lowest BCUT2D eigenvalue weighted by Gasteiger charge is -1.95. The summed E-state index contributed by atoms with van der Waals surface area (Å²) in [7, 11) is 0. The molecule has 3 nitrogen and oxygen atoms in total. The van der Waals surface area contributed by atoms with Crippen LogP contribution < -0.4 is 0 Å². The number of aromatic nitrogens is 2. The van der Waals surface area contributed by atoms with Crippen molar-refractivity contribution < 1.29 is 4.79 Å². The molecular weight excluding hydrogens is 276 g/mol. The van der Waals surface area contributed by atoms with Gasteiger partial charge >= 0.3 is 0 Å². The van der Waals surface area contributed by atoms with Gasteiger partial charge in [-0.15, -0.1) is 23.1 Å². The van der Waals surface area contributed by atoms with E-state index in [9.17, 15) is 4.79 Å². The minimum absolute atomic E-state index is 0.0795. The van der Waals surface area contributed by atoms with E-state index in [0.717, 1.165) is 17.9 Å². The van der Waals surface area contributed by atoms with Crippen molar-refractivity contribution in [2.45, 2.75) is 6.42 Å². The predicted octanol–water partition coefficient (Wildman–Crippen LogP) is 3.67. The molecule has 1 aliphatic rings. The van der Waals surface area contributed by atoms with Crippen LogP contribution in [0.5, 0.6) is 0 Å². The lowest BCUT2D eigenvalue weighted by Crippen LogP contribution is -2.10. The highest BCUT2D eigenvalue weighted by atomic mass is 32.2. The lowest BCUT2D eigenvalue weighted by atomic mass is 10.3. The summed E-state index contributed by atoms with van der Waals surface area (Å²) in [6, 6.07) is 5.53. The van der Waals surface area contributed by atoms with Crippen molar-refractivity contribution in [3.05, 3.63) is 57.4 Å². The van der Waals surface area contributed by atoms with E-state index in [1.54, 1.807) is 6.20 Å².